The second kappa shape index (κ2) is 10.9. The highest BCUT2D eigenvalue weighted by atomic mass is 32.1. The molecule has 0 spiro atoms. The molecule has 3 N–H and O–H groups in total. The molecule has 1 aromatic carbocycles. The van der Waals surface area contributed by atoms with Gasteiger partial charge < -0.3 is 16.0 Å². The van der Waals surface area contributed by atoms with Gasteiger partial charge >= 0.3 is 0 Å². The summed E-state index contributed by atoms with van der Waals surface area (Å²) in [5.74, 6) is 1.71. The maximum atomic E-state index is 12.0. The predicted octanol–water partition coefficient (Wildman–Crippen LogP) is 5.21. The molecule has 1 atom stereocenters. The number of fused-ring (bicyclic) bond motifs is 2. The van der Waals surface area contributed by atoms with Crippen molar-refractivity contribution in [2.75, 3.05) is 18.8 Å². The third-order valence-corrected chi connectivity index (χ3v) is 10.2. The molecule has 44 heavy (non-hydrogen) atoms. The zero-order valence-corrected chi connectivity index (χ0v) is 25.1. The summed E-state index contributed by atoms with van der Waals surface area (Å²) >= 11 is 1.63. The molecule has 1 saturated carbocycles. The van der Waals surface area contributed by atoms with Crippen LogP contribution in [0.1, 0.15) is 60.2 Å². The highest BCUT2D eigenvalue weighted by Crippen LogP contribution is 2.43. The lowest BCUT2D eigenvalue weighted by molar-refractivity contribution is -0.127. The number of anilines is 1. The van der Waals surface area contributed by atoms with Gasteiger partial charge in [-0.3, -0.25) is 9.36 Å². The number of piperidine rings is 1. The first-order valence-corrected chi connectivity index (χ1v) is 16.1. The summed E-state index contributed by atoms with van der Waals surface area (Å²) in [6, 6.07) is 15.2. The number of nitrogens with one attached hydrogen (secondary N) is 1. The molecule has 222 valence electrons. The molecule has 2 fully saturated rings. The van der Waals surface area contributed by atoms with E-state index in [0.717, 1.165) is 76.9 Å². The number of aryl methyl sites for hydroxylation is 1. The lowest BCUT2D eigenvalue weighted by Gasteiger charge is -2.33. The first-order valence-electron chi connectivity index (χ1n) is 15.3. The van der Waals surface area contributed by atoms with Crippen molar-refractivity contribution in [1.29, 1.82) is 0 Å². The molecule has 4 aromatic heterocycles. The van der Waals surface area contributed by atoms with E-state index in [2.05, 4.69) is 49.8 Å². The van der Waals surface area contributed by atoms with Gasteiger partial charge in [0.15, 0.2) is 16.5 Å². The number of benzene rings is 1. The number of nitrogen functional groups attached to an aromatic ring is 1. The number of imidazole rings is 1. The summed E-state index contributed by atoms with van der Waals surface area (Å²) in [6.45, 7) is 5.16. The van der Waals surface area contributed by atoms with Crippen molar-refractivity contribution >= 4 is 34.2 Å². The third kappa shape index (κ3) is 4.86. The summed E-state index contributed by atoms with van der Waals surface area (Å²) in [4.78, 5) is 28.4. The van der Waals surface area contributed by atoms with Crippen molar-refractivity contribution in [3.05, 3.63) is 77.5 Å². The van der Waals surface area contributed by atoms with Crippen LogP contribution in [0.4, 0.5) is 5.82 Å². The zero-order chi connectivity index (χ0) is 29.8. The van der Waals surface area contributed by atoms with Gasteiger partial charge in [0.25, 0.3) is 0 Å². The fourth-order valence-corrected chi connectivity index (χ4v) is 7.52. The van der Waals surface area contributed by atoms with Crippen molar-refractivity contribution in [2.24, 2.45) is 0 Å². The zero-order valence-electron chi connectivity index (χ0n) is 24.3. The van der Waals surface area contributed by atoms with Gasteiger partial charge in [-0.05, 0) is 92.1 Å². The van der Waals surface area contributed by atoms with E-state index in [1.807, 2.05) is 29.2 Å². The minimum atomic E-state index is 0.0227. The number of pyridine rings is 2. The van der Waals surface area contributed by atoms with Gasteiger partial charge in [0.05, 0.1) is 5.56 Å². The Hall–Kier alpha value is -4.48. The lowest BCUT2D eigenvalue weighted by Crippen LogP contribution is -2.45. The highest BCUT2D eigenvalue weighted by Gasteiger charge is 2.30. The normalized spacial score (nSPS) is 18.5. The van der Waals surface area contributed by atoms with Crippen LogP contribution in [0.5, 0.6) is 0 Å². The van der Waals surface area contributed by atoms with Crippen LogP contribution in [0.3, 0.4) is 0 Å². The van der Waals surface area contributed by atoms with Gasteiger partial charge in [-0.1, -0.05) is 24.0 Å². The average molecular weight is 604 g/mol. The molecule has 5 heterocycles. The first kappa shape index (κ1) is 27.1. The van der Waals surface area contributed by atoms with Crippen LogP contribution in [0.2, 0.25) is 0 Å². The molecule has 3 aliphatic rings. The van der Waals surface area contributed by atoms with Crippen LogP contribution in [0.25, 0.3) is 38.9 Å². The molecular formula is C33H33N9OS. The van der Waals surface area contributed by atoms with E-state index in [9.17, 15) is 4.79 Å². The van der Waals surface area contributed by atoms with Gasteiger partial charge in [-0.2, -0.15) is 0 Å². The Morgan fingerprint density at radius 3 is 2.70 bits per heavy atom. The number of nitrogens with zero attached hydrogens (tertiary/aromatic N) is 7. The second-order valence-electron chi connectivity index (χ2n) is 11.9. The van der Waals surface area contributed by atoms with Crippen molar-refractivity contribution in [3.8, 4) is 27.8 Å². The number of aromatic nitrogens is 6. The van der Waals surface area contributed by atoms with Crippen LogP contribution in [-0.4, -0.2) is 59.7 Å². The van der Waals surface area contributed by atoms with E-state index >= 15 is 0 Å². The molecule has 8 rings (SSSR count). The maximum Gasteiger partial charge on any atom is 0.245 e. The van der Waals surface area contributed by atoms with Gasteiger partial charge in [0.1, 0.15) is 22.0 Å². The van der Waals surface area contributed by atoms with Crippen LogP contribution >= 0.6 is 11.3 Å². The molecular weight excluding hydrogens is 570 g/mol. The molecule has 0 unspecified atom stereocenters. The van der Waals surface area contributed by atoms with Gasteiger partial charge in [0, 0.05) is 43.0 Å². The van der Waals surface area contributed by atoms with Crippen molar-refractivity contribution < 1.29 is 4.79 Å². The summed E-state index contributed by atoms with van der Waals surface area (Å²) in [7, 11) is 0. The minimum Gasteiger partial charge on any atom is -0.383 e. The summed E-state index contributed by atoms with van der Waals surface area (Å²) < 4.78 is 2.10. The van der Waals surface area contributed by atoms with E-state index in [0.29, 0.717) is 29.6 Å². The van der Waals surface area contributed by atoms with E-state index < -0.39 is 0 Å². The van der Waals surface area contributed by atoms with E-state index in [-0.39, 0.29) is 5.91 Å². The Labute approximate surface area is 259 Å². The van der Waals surface area contributed by atoms with Crippen molar-refractivity contribution in [1.82, 2.24) is 39.9 Å². The number of amides is 1. The monoisotopic (exact) mass is 603 g/mol. The van der Waals surface area contributed by atoms with E-state index in [1.54, 1.807) is 17.5 Å². The molecule has 1 saturated heterocycles. The largest absolute Gasteiger partial charge is 0.383 e. The molecule has 2 aliphatic carbocycles. The first-order chi connectivity index (χ1) is 21.6. The highest BCUT2D eigenvalue weighted by molar-refractivity contribution is 7.14. The minimum absolute atomic E-state index is 0.0227. The number of hydrogen-bond donors (Lipinski definition) is 2. The maximum absolute atomic E-state index is 12.0. The Bertz CT molecular complexity index is 1900. The standard InChI is InChI=1S/C33H33N9OS/c1-2-28(43)41-16-13-21(14-17-41)36-25-10-7-20-18-22(8-9-23(20)25)42-30(24-4-3-15-35-29(24)34)37-26-11-12-27(38-31(26)42)33-40-39-32(44-33)19-5-6-19/h2-4,8-9,11-12,15,18-19,21,25,36H,1,5-7,10,13-14,16-17H2,(H2,34,35)/t25-/m0/s1. The smallest absolute Gasteiger partial charge is 0.245 e. The molecule has 0 radical (unpaired) electrons. The number of carbonyl (C=O) groups excluding carboxylic acids is 1. The number of nitrogens with two attached hydrogens (primary N) is 1. The molecule has 1 aliphatic heterocycles. The van der Waals surface area contributed by atoms with Gasteiger partial charge in [-0.25, -0.2) is 15.0 Å². The summed E-state index contributed by atoms with van der Waals surface area (Å²) in [6.07, 6.45) is 9.41. The van der Waals surface area contributed by atoms with Crippen LogP contribution in [-0.2, 0) is 11.2 Å². The molecule has 0 bridgehead atoms. The van der Waals surface area contributed by atoms with E-state index in [1.165, 1.54) is 30.0 Å². The SMILES string of the molecule is C=CC(=O)N1CCC(N[C@H]2CCc3cc(-n4c(-c5cccnc5N)nc5ccc(-c6nnc(C7CC7)s6)nc54)ccc32)CC1. The average Bonchev–Trinajstić information content (AvgIpc) is 3.47. The quantitative estimate of drug-likeness (QED) is 0.243. The number of rotatable bonds is 7. The van der Waals surface area contributed by atoms with Crippen molar-refractivity contribution in [3.63, 3.8) is 0 Å². The summed E-state index contributed by atoms with van der Waals surface area (Å²) in [5.41, 5.74) is 13.1. The van der Waals surface area contributed by atoms with Crippen LogP contribution in [0.15, 0.2) is 61.3 Å². The molecule has 10 nitrogen and oxygen atoms in total. The molecule has 5 aromatic rings. The molecule has 11 heteroatoms. The molecule has 1 amide bonds. The van der Waals surface area contributed by atoms with Gasteiger partial charge in [-0.15, -0.1) is 10.2 Å². The van der Waals surface area contributed by atoms with E-state index in [4.69, 9.17) is 15.7 Å². The Balaban J connectivity index is 1.14. The van der Waals surface area contributed by atoms with Gasteiger partial charge in [0.2, 0.25) is 5.91 Å². The lowest BCUT2D eigenvalue weighted by atomic mass is 10.0. The second-order valence-corrected chi connectivity index (χ2v) is 12.9. The predicted molar refractivity (Wildman–Crippen MR) is 171 cm³/mol. The number of likely N-dealkylation sites (tertiary alicyclic amines) is 1. The Kier molecular flexibility index (Phi) is 6.71. The number of hydrogen-bond acceptors (Lipinski definition) is 9. The van der Waals surface area contributed by atoms with Crippen LogP contribution < -0.4 is 11.1 Å². The fraction of sp³-hybridized carbons (Fsp3) is 0.333. The topological polar surface area (TPSA) is 128 Å². The van der Waals surface area contributed by atoms with Crippen LogP contribution in [0, 0.1) is 0 Å². The summed E-state index contributed by atoms with van der Waals surface area (Å²) in [5, 5.41) is 14.7. The van der Waals surface area contributed by atoms with Crippen molar-refractivity contribution in [2.45, 2.75) is 56.5 Å². The Morgan fingerprint density at radius 2 is 1.91 bits per heavy atom. The number of carbonyl (C=O) groups is 1. The third-order valence-electron chi connectivity index (χ3n) is 9.05. The fourth-order valence-electron chi connectivity index (χ4n) is 6.54. The Morgan fingerprint density at radius 1 is 1.05 bits per heavy atom.